The average molecular weight is 277 g/mol. The molecule has 1 aromatic carbocycles. The predicted molar refractivity (Wildman–Crippen MR) is 82.3 cm³/mol. The zero-order chi connectivity index (χ0) is 14.6. The maximum absolute atomic E-state index is 10.1. The monoisotopic (exact) mass is 277 g/mol. The van der Waals surface area contributed by atoms with Crippen molar-refractivity contribution in [2.24, 2.45) is 0 Å². The van der Waals surface area contributed by atoms with E-state index in [-0.39, 0.29) is 5.41 Å². The fourth-order valence-electron chi connectivity index (χ4n) is 2.71. The van der Waals surface area contributed by atoms with Gasteiger partial charge in [-0.2, -0.15) is 0 Å². The number of benzene rings is 1. The molecule has 0 amide bonds. The van der Waals surface area contributed by atoms with Crippen LogP contribution in [0.25, 0.3) is 0 Å². The van der Waals surface area contributed by atoms with Gasteiger partial charge in [0.25, 0.3) is 0 Å². The molecule has 112 valence electrons. The summed E-state index contributed by atoms with van der Waals surface area (Å²) in [6.07, 6.45) is 2.09. The summed E-state index contributed by atoms with van der Waals surface area (Å²) >= 11 is 0. The molecule has 0 bridgehead atoms. The molecule has 0 spiro atoms. The van der Waals surface area contributed by atoms with Crippen LogP contribution in [0, 0.1) is 0 Å². The molecule has 3 heteroatoms. The summed E-state index contributed by atoms with van der Waals surface area (Å²) in [7, 11) is 0. The summed E-state index contributed by atoms with van der Waals surface area (Å²) < 4.78 is 5.86. The minimum atomic E-state index is -0.416. The lowest BCUT2D eigenvalue weighted by molar-refractivity contribution is 0.0751. The number of hydrogen-bond donors (Lipinski definition) is 1. The molecule has 1 aliphatic heterocycles. The number of ether oxygens (including phenoxy) is 1. The van der Waals surface area contributed by atoms with Crippen molar-refractivity contribution in [2.45, 2.75) is 45.1 Å². The van der Waals surface area contributed by atoms with Gasteiger partial charge in [0.05, 0.1) is 0 Å². The largest absolute Gasteiger partial charge is 0.491 e. The van der Waals surface area contributed by atoms with Crippen molar-refractivity contribution in [3.05, 3.63) is 29.8 Å². The molecule has 0 aromatic heterocycles. The second-order valence-corrected chi connectivity index (χ2v) is 6.72. The number of rotatable bonds is 5. The highest BCUT2D eigenvalue weighted by Gasteiger charge is 2.20. The number of likely N-dealkylation sites (tertiary alicyclic amines) is 1. The van der Waals surface area contributed by atoms with Crippen LogP contribution in [-0.2, 0) is 5.41 Å². The molecule has 1 saturated heterocycles. The summed E-state index contributed by atoms with van der Waals surface area (Å²) in [6, 6.07) is 8.11. The maximum atomic E-state index is 10.1. The van der Waals surface area contributed by atoms with Gasteiger partial charge in [-0.25, -0.2) is 0 Å². The fraction of sp³-hybridized carbons (Fsp3) is 0.647. The van der Waals surface area contributed by atoms with Crippen LogP contribution in [0.3, 0.4) is 0 Å². The molecule has 1 heterocycles. The lowest BCUT2D eigenvalue weighted by Crippen LogP contribution is -2.34. The first-order valence-electron chi connectivity index (χ1n) is 7.59. The minimum Gasteiger partial charge on any atom is -0.491 e. The first-order valence-corrected chi connectivity index (χ1v) is 7.59. The highest BCUT2D eigenvalue weighted by atomic mass is 16.5. The Bertz CT molecular complexity index is 419. The normalized spacial score (nSPS) is 18.2. The Labute approximate surface area is 122 Å². The number of hydrogen-bond acceptors (Lipinski definition) is 3. The van der Waals surface area contributed by atoms with E-state index in [9.17, 15) is 5.11 Å². The van der Waals surface area contributed by atoms with Crippen molar-refractivity contribution in [3.63, 3.8) is 0 Å². The molecular weight excluding hydrogens is 250 g/mol. The number of aliphatic hydroxyl groups excluding tert-OH is 1. The van der Waals surface area contributed by atoms with Crippen LogP contribution in [0.2, 0.25) is 0 Å². The van der Waals surface area contributed by atoms with E-state index in [0.29, 0.717) is 6.61 Å². The summed E-state index contributed by atoms with van der Waals surface area (Å²) in [5.74, 6) is 0.889. The van der Waals surface area contributed by atoms with E-state index >= 15 is 0 Å². The van der Waals surface area contributed by atoms with Crippen molar-refractivity contribution in [2.75, 3.05) is 26.2 Å². The zero-order valence-corrected chi connectivity index (χ0v) is 12.9. The van der Waals surface area contributed by atoms with E-state index < -0.39 is 6.10 Å². The van der Waals surface area contributed by atoms with Crippen LogP contribution in [0.1, 0.15) is 39.2 Å². The van der Waals surface area contributed by atoms with Gasteiger partial charge in [0.1, 0.15) is 18.5 Å². The van der Waals surface area contributed by atoms with Gasteiger partial charge < -0.3 is 14.7 Å². The Morgan fingerprint density at radius 1 is 1.20 bits per heavy atom. The Morgan fingerprint density at radius 2 is 1.85 bits per heavy atom. The topological polar surface area (TPSA) is 32.7 Å². The molecule has 1 atom stereocenters. The second-order valence-electron chi connectivity index (χ2n) is 6.72. The molecule has 1 aliphatic rings. The molecule has 1 aromatic rings. The van der Waals surface area contributed by atoms with E-state index in [1.807, 2.05) is 18.2 Å². The zero-order valence-electron chi connectivity index (χ0n) is 12.9. The fourth-order valence-corrected chi connectivity index (χ4v) is 2.71. The van der Waals surface area contributed by atoms with Crippen molar-refractivity contribution in [1.29, 1.82) is 0 Å². The molecule has 3 nitrogen and oxygen atoms in total. The molecule has 1 fully saturated rings. The predicted octanol–water partition coefficient (Wildman–Crippen LogP) is 2.82. The van der Waals surface area contributed by atoms with Gasteiger partial charge in [0.2, 0.25) is 0 Å². The first-order chi connectivity index (χ1) is 9.47. The third kappa shape index (κ3) is 4.22. The quantitative estimate of drug-likeness (QED) is 0.898. The molecular formula is C17H27NO2. The SMILES string of the molecule is CC(C)(C)c1ccccc1OC[C@@H](O)CN1CCCC1. The van der Waals surface area contributed by atoms with E-state index in [1.165, 1.54) is 18.4 Å². The number of β-amino-alcohol motifs (C(OH)–C–C–N with tert-alkyl or cyclic N) is 1. The Kier molecular flexibility index (Phi) is 5.06. The smallest absolute Gasteiger partial charge is 0.123 e. The maximum Gasteiger partial charge on any atom is 0.123 e. The molecule has 0 saturated carbocycles. The Hall–Kier alpha value is -1.06. The van der Waals surface area contributed by atoms with Crippen molar-refractivity contribution in [3.8, 4) is 5.75 Å². The number of aliphatic hydroxyl groups is 1. The van der Waals surface area contributed by atoms with Crippen molar-refractivity contribution in [1.82, 2.24) is 4.90 Å². The third-order valence-electron chi connectivity index (χ3n) is 3.79. The van der Waals surface area contributed by atoms with Gasteiger partial charge in [-0.15, -0.1) is 0 Å². The van der Waals surface area contributed by atoms with Gasteiger partial charge in [-0.1, -0.05) is 39.0 Å². The summed E-state index contributed by atoms with van der Waals surface area (Å²) in [5.41, 5.74) is 1.24. The van der Waals surface area contributed by atoms with Crippen LogP contribution in [0.5, 0.6) is 5.75 Å². The van der Waals surface area contributed by atoms with E-state index in [2.05, 4.69) is 31.7 Å². The van der Waals surface area contributed by atoms with Crippen LogP contribution in [0.15, 0.2) is 24.3 Å². The van der Waals surface area contributed by atoms with Gasteiger partial charge >= 0.3 is 0 Å². The standard InChI is InChI=1S/C17H27NO2/c1-17(2,3)15-8-4-5-9-16(15)20-13-14(19)12-18-10-6-7-11-18/h4-5,8-9,14,19H,6-7,10-13H2,1-3H3/t14-/m0/s1. The molecule has 0 radical (unpaired) electrons. The lowest BCUT2D eigenvalue weighted by Gasteiger charge is -2.24. The molecule has 0 aliphatic carbocycles. The van der Waals surface area contributed by atoms with Crippen molar-refractivity contribution >= 4 is 0 Å². The number of nitrogens with zero attached hydrogens (tertiary/aromatic N) is 1. The summed E-state index contributed by atoms with van der Waals surface area (Å²) in [4.78, 5) is 2.31. The van der Waals surface area contributed by atoms with Crippen LogP contribution in [0.4, 0.5) is 0 Å². The second kappa shape index (κ2) is 6.59. The Balaban J connectivity index is 1.90. The van der Waals surface area contributed by atoms with E-state index in [1.54, 1.807) is 0 Å². The van der Waals surface area contributed by atoms with Gasteiger partial charge in [-0.05, 0) is 43.0 Å². The summed E-state index contributed by atoms with van der Waals surface area (Å²) in [6.45, 7) is 9.83. The molecule has 0 unspecified atom stereocenters. The van der Waals surface area contributed by atoms with Crippen LogP contribution < -0.4 is 4.74 Å². The van der Waals surface area contributed by atoms with Gasteiger partial charge in [-0.3, -0.25) is 0 Å². The molecule has 1 N–H and O–H groups in total. The van der Waals surface area contributed by atoms with Gasteiger partial charge in [0.15, 0.2) is 0 Å². The van der Waals surface area contributed by atoms with Crippen LogP contribution in [-0.4, -0.2) is 42.4 Å². The lowest BCUT2D eigenvalue weighted by atomic mass is 9.86. The van der Waals surface area contributed by atoms with E-state index in [0.717, 1.165) is 25.4 Å². The van der Waals surface area contributed by atoms with Crippen LogP contribution >= 0.6 is 0 Å². The Morgan fingerprint density at radius 3 is 2.50 bits per heavy atom. The highest BCUT2D eigenvalue weighted by Crippen LogP contribution is 2.30. The third-order valence-corrected chi connectivity index (χ3v) is 3.79. The van der Waals surface area contributed by atoms with Crippen molar-refractivity contribution < 1.29 is 9.84 Å². The highest BCUT2D eigenvalue weighted by molar-refractivity contribution is 5.38. The first kappa shape index (κ1) is 15.3. The van der Waals surface area contributed by atoms with Gasteiger partial charge in [0, 0.05) is 6.54 Å². The average Bonchev–Trinajstić information content (AvgIpc) is 2.88. The summed E-state index contributed by atoms with van der Waals surface area (Å²) in [5, 5.41) is 10.1. The molecule has 20 heavy (non-hydrogen) atoms. The van der Waals surface area contributed by atoms with E-state index in [4.69, 9.17) is 4.74 Å². The molecule has 2 rings (SSSR count). The minimum absolute atomic E-state index is 0.0521. The number of para-hydroxylation sites is 1.